The molecular weight excluding hydrogens is 176 g/mol. The van der Waals surface area contributed by atoms with Crippen molar-refractivity contribution in [2.75, 3.05) is 6.61 Å². The molecule has 2 nitrogen and oxygen atoms in total. The normalized spacial score (nSPS) is 20.1. The molecule has 2 N–H and O–H groups in total. The average molecular weight is 202 g/mol. The molecule has 0 heterocycles. The van der Waals surface area contributed by atoms with Crippen LogP contribution in [-0.4, -0.2) is 22.4 Å². The molecule has 0 saturated heterocycles. The fourth-order valence-corrected chi connectivity index (χ4v) is 1.44. The van der Waals surface area contributed by atoms with E-state index in [-0.39, 0.29) is 12.0 Å². The molecule has 0 spiro atoms. The summed E-state index contributed by atoms with van der Waals surface area (Å²) in [5, 5.41) is 19.0. The predicted molar refractivity (Wildman–Crippen MR) is 60.2 cm³/mol. The second-order valence-electron chi connectivity index (χ2n) is 5.03. The van der Waals surface area contributed by atoms with Gasteiger partial charge in [-0.15, -0.1) is 0 Å². The third-order valence-corrected chi connectivity index (χ3v) is 3.49. The Labute approximate surface area is 88.3 Å². The van der Waals surface area contributed by atoms with Crippen LogP contribution in [0.25, 0.3) is 0 Å². The van der Waals surface area contributed by atoms with Crippen molar-refractivity contribution in [2.24, 2.45) is 5.41 Å². The topological polar surface area (TPSA) is 40.5 Å². The molecule has 0 aliphatic rings. The molecule has 0 rings (SSSR count). The van der Waals surface area contributed by atoms with E-state index in [0.717, 1.165) is 32.1 Å². The lowest BCUT2D eigenvalue weighted by molar-refractivity contribution is 0.0370. The highest BCUT2D eigenvalue weighted by Gasteiger charge is 2.23. The van der Waals surface area contributed by atoms with Gasteiger partial charge in [-0.2, -0.15) is 0 Å². The summed E-state index contributed by atoms with van der Waals surface area (Å²) in [6, 6.07) is 0. The predicted octanol–water partition coefficient (Wildman–Crippen LogP) is 2.73. The Balaban J connectivity index is 3.83. The first kappa shape index (κ1) is 13.9. The lowest BCUT2D eigenvalue weighted by Gasteiger charge is -2.28. The van der Waals surface area contributed by atoms with Crippen LogP contribution in [0.2, 0.25) is 0 Å². The van der Waals surface area contributed by atoms with Gasteiger partial charge in [-0.05, 0) is 44.4 Å². The van der Waals surface area contributed by atoms with Gasteiger partial charge in [0.1, 0.15) is 0 Å². The molecule has 0 fully saturated rings. The third-order valence-electron chi connectivity index (χ3n) is 3.49. The minimum absolute atomic E-state index is 0.0455. The molecule has 0 aliphatic carbocycles. The minimum Gasteiger partial charge on any atom is -0.396 e. The maximum Gasteiger partial charge on any atom is 0.0617 e. The van der Waals surface area contributed by atoms with E-state index in [1.165, 1.54) is 0 Å². The summed E-state index contributed by atoms with van der Waals surface area (Å²) in [7, 11) is 0. The molecule has 0 bridgehead atoms. The van der Waals surface area contributed by atoms with E-state index in [9.17, 15) is 10.2 Å². The lowest BCUT2D eigenvalue weighted by atomic mass is 9.81. The molecule has 86 valence electrons. The number of aliphatic hydroxyl groups is 2. The third kappa shape index (κ3) is 4.97. The van der Waals surface area contributed by atoms with Crippen molar-refractivity contribution in [3.8, 4) is 0 Å². The Bertz CT molecular complexity index is 148. The van der Waals surface area contributed by atoms with E-state index >= 15 is 0 Å². The van der Waals surface area contributed by atoms with Gasteiger partial charge >= 0.3 is 0 Å². The molecule has 2 unspecified atom stereocenters. The van der Waals surface area contributed by atoms with Gasteiger partial charge < -0.3 is 10.2 Å². The first-order valence-corrected chi connectivity index (χ1v) is 5.72. The molecule has 0 aromatic carbocycles. The monoisotopic (exact) mass is 202 g/mol. The van der Waals surface area contributed by atoms with Crippen LogP contribution in [0.15, 0.2) is 0 Å². The van der Waals surface area contributed by atoms with Gasteiger partial charge in [-0.25, -0.2) is 0 Å². The molecule has 0 aliphatic heterocycles. The van der Waals surface area contributed by atoms with Gasteiger partial charge in [0.2, 0.25) is 0 Å². The Morgan fingerprint density at radius 1 is 1.00 bits per heavy atom. The number of rotatable bonds is 7. The summed E-state index contributed by atoms with van der Waals surface area (Å²) in [5.74, 6) is 0. The Morgan fingerprint density at radius 2 is 1.57 bits per heavy atom. The van der Waals surface area contributed by atoms with Gasteiger partial charge in [0, 0.05) is 6.61 Å². The lowest BCUT2D eigenvalue weighted by Crippen LogP contribution is -2.25. The van der Waals surface area contributed by atoms with Gasteiger partial charge in [0.05, 0.1) is 5.60 Å². The standard InChI is InChI=1S/C12H26O2/c1-5-11(3,10-13)8-7-9-12(4,14)6-2/h13-14H,5-10H2,1-4H3. The zero-order valence-corrected chi connectivity index (χ0v) is 10.1. The van der Waals surface area contributed by atoms with Crippen LogP contribution >= 0.6 is 0 Å². The Morgan fingerprint density at radius 3 is 1.93 bits per heavy atom. The highest BCUT2D eigenvalue weighted by Crippen LogP contribution is 2.29. The second kappa shape index (κ2) is 5.72. The maximum atomic E-state index is 9.80. The zero-order chi connectivity index (χ0) is 11.2. The molecule has 14 heavy (non-hydrogen) atoms. The summed E-state index contributed by atoms with van der Waals surface area (Å²) in [6.07, 6.45) is 4.62. The van der Waals surface area contributed by atoms with Gasteiger partial charge in [-0.1, -0.05) is 20.8 Å². The largest absolute Gasteiger partial charge is 0.396 e. The number of aliphatic hydroxyl groups excluding tert-OH is 1. The van der Waals surface area contributed by atoms with Crippen LogP contribution in [0.1, 0.15) is 59.8 Å². The molecule has 2 atom stereocenters. The number of hydrogen-bond acceptors (Lipinski definition) is 2. The van der Waals surface area contributed by atoms with Crippen molar-refractivity contribution in [3.05, 3.63) is 0 Å². The van der Waals surface area contributed by atoms with E-state index in [0.29, 0.717) is 0 Å². The zero-order valence-electron chi connectivity index (χ0n) is 10.1. The molecular formula is C12H26O2. The van der Waals surface area contributed by atoms with Gasteiger partial charge in [0.25, 0.3) is 0 Å². The molecule has 0 radical (unpaired) electrons. The molecule has 0 aromatic heterocycles. The van der Waals surface area contributed by atoms with Crippen molar-refractivity contribution in [2.45, 2.75) is 65.4 Å². The number of hydrogen-bond donors (Lipinski definition) is 2. The second-order valence-corrected chi connectivity index (χ2v) is 5.03. The summed E-state index contributed by atoms with van der Waals surface area (Å²) < 4.78 is 0. The Kier molecular flexibility index (Phi) is 5.68. The van der Waals surface area contributed by atoms with Crippen molar-refractivity contribution in [3.63, 3.8) is 0 Å². The van der Waals surface area contributed by atoms with Crippen LogP contribution in [0.3, 0.4) is 0 Å². The van der Waals surface area contributed by atoms with E-state index in [4.69, 9.17) is 0 Å². The average Bonchev–Trinajstić information content (AvgIpc) is 2.17. The first-order chi connectivity index (χ1) is 6.39. The van der Waals surface area contributed by atoms with Crippen LogP contribution in [0.4, 0.5) is 0 Å². The van der Waals surface area contributed by atoms with E-state index in [2.05, 4.69) is 13.8 Å². The molecule has 0 aromatic rings. The summed E-state index contributed by atoms with van der Waals surface area (Å²) in [6.45, 7) is 8.35. The highest BCUT2D eigenvalue weighted by molar-refractivity contribution is 4.75. The van der Waals surface area contributed by atoms with E-state index < -0.39 is 5.60 Å². The smallest absolute Gasteiger partial charge is 0.0617 e. The van der Waals surface area contributed by atoms with Crippen LogP contribution in [-0.2, 0) is 0 Å². The summed E-state index contributed by atoms with van der Waals surface area (Å²) in [4.78, 5) is 0. The van der Waals surface area contributed by atoms with Gasteiger partial charge in [-0.3, -0.25) is 0 Å². The quantitative estimate of drug-likeness (QED) is 0.666. The van der Waals surface area contributed by atoms with Crippen LogP contribution < -0.4 is 0 Å². The van der Waals surface area contributed by atoms with E-state index in [1.807, 2.05) is 13.8 Å². The summed E-state index contributed by atoms with van der Waals surface area (Å²) >= 11 is 0. The van der Waals surface area contributed by atoms with Gasteiger partial charge in [0.15, 0.2) is 0 Å². The van der Waals surface area contributed by atoms with Crippen molar-refractivity contribution < 1.29 is 10.2 Å². The van der Waals surface area contributed by atoms with Crippen molar-refractivity contribution >= 4 is 0 Å². The minimum atomic E-state index is -0.524. The first-order valence-electron chi connectivity index (χ1n) is 5.72. The van der Waals surface area contributed by atoms with E-state index in [1.54, 1.807) is 0 Å². The van der Waals surface area contributed by atoms with Crippen LogP contribution in [0.5, 0.6) is 0 Å². The van der Waals surface area contributed by atoms with Crippen molar-refractivity contribution in [1.82, 2.24) is 0 Å². The van der Waals surface area contributed by atoms with Crippen molar-refractivity contribution in [1.29, 1.82) is 0 Å². The fraction of sp³-hybridized carbons (Fsp3) is 1.00. The Hall–Kier alpha value is -0.0800. The fourth-order valence-electron chi connectivity index (χ4n) is 1.44. The highest BCUT2D eigenvalue weighted by atomic mass is 16.3. The SMILES string of the molecule is CCC(C)(O)CCCC(C)(CC)CO. The summed E-state index contributed by atoms with van der Waals surface area (Å²) in [5.41, 5.74) is -0.478. The molecule has 2 heteroatoms. The maximum absolute atomic E-state index is 9.80. The van der Waals surface area contributed by atoms with Crippen LogP contribution in [0, 0.1) is 5.41 Å². The molecule has 0 amide bonds. The molecule has 0 saturated carbocycles.